The zero-order valence-corrected chi connectivity index (χ0v) is 13.5. The van der Waals surface area contributed by atoms with Crippen molar-refractivity contribution in [2.75, 3.05) is 7.11 Å². The molecule has 0 amide bonds. The Morgan fingerprint density at radius 3 is 2.45 bits per heavy atom. The summed E-state index contributed by atoms with van der Waals surface area (Å²) < 4.78 is 17.8. The van der Waals surface area contributed by atoms with E-state index in [1.807, 2.05) is 6.92 Å². The highest BCUT2D eigenvalue weighted by molar-refractivity contribution is 7.12. The molecule has 1 unspecified atom stereocenters. The lowest BCUT2D eigenvalue weighted by Crippen LogP contribution is -2.15. The summed E-state index contributed by atoms with van der Waals surface area (Å²) in [6.45, 7) is 3.67. The molecular weight excluding hydrogens is 303 g/mol. The van der Waals surface area contributed by atoms with Crippen molar-refractivity contribution < 1.29 is 18.7 Å². The van der Waals surface area contributed by atoms with E-state index in [0.29, 0.717) is 16.9 Å². The number of hydrogen-bond acceptors (Lipinski definition) is 4. The minimum absolute atomic E-state index is 0.132. The molecule has 22 heavy (non-hydrogen) atoms. The molecule has 0 aliphatic rings. The van der Waals surface area contributed by atoms with E-state index < -0.39 is 11.9 Å². The van der Waals surface area contributed by atoms with E-state index in [0.717, 1.165) is 11.1 Å². The first-order valence-corrected chi connectivity index (χ1v) is 7.83. The molecule has 0 bridgehead atoms. The third-order valence-corrected chi connectivity index (χ3v) is 4.70. The summed E-state index contributed by atoms with van der Waals surface area (Å²) in [5.41, 5.74) is 1.81. The van der Waals surface area contributed by atoms with E-state index in [2.05, 4.69) is 0 Å². The molecule has 0 spiro atoms. The Labute approximate surface area is 132 Å². The zero-order chi connectivity index (χ0) is 16.3. The lowest BCUT2D eigenvalue weighted by Gasteiger charge is -2.14. The second-order valence-electron chi connectivity index (χ2n) is 4.99. The van der Waals surface area contributed by atoms with Gasteiger partial charge in [-0.2, -0.15) is 0 Å². The molecule has 3 nitrogen and oxygen atoms in total. The highest BCUT2D eigenvalue weighted by atomic mass is 32.1. The first kappa shape index (κ1) is 16.4. The molecule has 2 aromatic rings. The molecule has 2 rings (SSSR count). The molecule has 1 aromatic carbocycles. The SMILES string of the molecule is CCC(C(=O)c1scc(C)c1C(=O)OC)c1ccc(F)cc1. The van der Waals surface area contributed by atoms with E-state index in [4.69, 9.17) is 4.74 Å². The molecule has 0 saturated carbocycles. The summed E-state index contributed by atoms with van der Waals surface area (Å²) in [5.74, 6) is -1.38. The van der Waals surface area contributed by atoms with Crippen LogP contribution in [-0.4, -0.2) is 18.9 Å². The van der Waals surface area contributed by atoms with Crippen molar-refractivity contribution in [1.29, 1.82) is 0 Å². The van der Waals surface area contributed by atoms with Crippen LogP contribution in [0.15, 0.2) is 29.6 Å². The maximum atomic E-state index is 13.1. The van der Waals surface area contributed by atoms with Crippen molar-refractivity contribution in [2.24, 2.45) is 0 Å². The van der Waals surface area contributed by atoms with Gasteiger partial charge in [0.2, 0.25) is 0 Å². The molecule has 0 aliphatic carbocycles. The number of methoxy groups -OCH3 is 1. The second kappa shape index (κ2) is 6.83. The van der Waals surface area contributed by atoms with Crippen LogP contribution in [0.3, 0.4) is 0 Å². The fourth-order valence-electron chi connectivity index (χ4n) is 2.41. The Hall–Kier alpha value is -2.01. The molecule has 1 heterocycles. The van der Waals surface area contributed by atoms with Crippen LogP contribution in [0, 0.1) is 12.7 Å². The fraction of sp³-hybridized carbons (Fsp3) is 0.294. The van der Waals surface area contributed by atoms with Crippen LogP contribution >= 0.6 is 11.3 Å². The standard InChI is InChI=1S/C17H17FO3S/c1-4-13(11-5-7-12(18)8-6-11)15(19)16-14(17(20)21-3)10(2)9-22-16/h5-9,13H,4H2,1-3H3. The normalized spacial score (nSPS) is 12.0. The lowest BCUT2D eigenvalue weighted by molar-refractivity contribution is 0.0596. The number of benzene rings is 1. The van der Waals surface area contributed by atoms with E-state index in [-0.39, 0.29) is 11.6 Å². The Bertz CT molecular complexity index is 688. The van der Waals surface area contributed by atoms with Gasteiger partial charge in [-0.05, 0) is 42.0 Å². The van der Waals surface area contributed by atoms with E-state index in [1.54, 1.807) is 24.4 Å². The van der Waals surface area contributed by atoms with Crippen molar-refractivity contribution in [3.63, 3.8) is 0 Å². The first-order chi connectivity index (χ1) is 10.5. The molecule has 0 fully saturated rings. The number of ketones is 1. The average molecular weight is 320 g/mol. The molecule has 1 atom stereocenters. The molecule has 1 aromatic heterocycles. The van der Waals surface area contributed by atoms with Gasteiger partial charge in [-0.25, -0.2) is 9.18 Å². The number of esters is 1. The van der Waals surface area contributed by atoms with Gasteiger partial charge in [0, 0.05) is 5.92 Å². The zero-order valence-electron chi connectivity index (χ0n) is 12.7. The Balaban J connectivity index is 2.41. The summed E-state index contributed by atoms with van der Waals surface area (Å²) in [4.78, 5) is 25.1. The van der Waals surface area contributed by atoms with Gasteiger partial charge in [0.15, 0.2) is 5.78 Å². The van der Waals surface area contributed by atoms with Gasteiger partial charge in [-0.3, -0.25) is 4.79 Å². The summed E-state index contributed by atoms with van der Waals surface area (Å²) >= 11 is 1.25. The third-order valence-electron chi connectivity index (χ3n) is 3.59. The van der Waals surface area contributed by atoms with Crippen LogP contribution in [0.2, 0.25) is 0 Å². The van der Waals surface area contributed by atoms with Gasteiger partial charge in [0.05, 0.1) is 17.6 Å². The van der Waals surface area contributed by atoms with Crippen LogP contribution in [0.4, 0.5) is 4.39 Å². The molecule has 0 radical (unpaired) electrons. The number of aryl methyl sites for hydroxylation is 1. The molecule has 5 heteroatoms. The van der Waals surface area contributed by atoms with Gasteiger partial charge >= 0.3 is 5.97 Å². The number of Topliss-reactive ketones (excluding diaryl/α,β-unsaturated/α-hetero) is 1. The monoisotopic (exact) mass is 320 g/mol. The van der Waals surface area contributed by atoms with Gasteiger partial charge in [-0.15, -0.1) is 11.3 Å². The second-order valence-corrected chi connectivity index (χ2v) is 5.87. The minimum Gasteiger partial charge on any atom is -0.465 e. The average Bonchev–Trinajstić information content (AvgIpc) is 2.90. The van der Waals surface area contributed by atoms with Crippen molar-refractivity contribution >= 4 is 23.1 Å². The summed E-state index contributed by atoms with van der Waals surface area (Å²) in [5, 5.41) is 1.77. The summed E-state index contributed by atoms with van der Waals surface area (Å²) in [6, 6.07) is 5.90. The van der Waals surface area contributed by atoms with Crippen molar-refractivity contribution in [1.82, 2.24) is 0 Å². The maximum absolute atomic E-state index is 13.1. The van der Waals surface area contributed by atoms with Gasteiger partial charge < -0.3 is 4.74 Å². The molecule has 0 saturated heterocycles. The van der Waals surface area contributed by atoms with Crippen molar-refractivity contribution in [3.05, 3.63) is 57.0 Å². The minimum atomic E-state index is -0.504. The fourth-order valence-corrected chi connectivity index (χ4v) is 3.44. The van der Waals surface area contributed by atoms with Crippen LogP contribution in [0.1, 0.15) is 50.4 Å². The van der Waals surface area contributed by atoms with Crippen molar-refractivity contribution in [2.45, 2.75) is 26.2 Å². The third kappa shape index (κ3) is 3.09. The molecule has 116 valence electrons. The van der Waals surface area contributed by atoms with Gasteiger partial charge in [-0.1, -0.05) is 19.1 Å². The van der Waals surface area contributed by atoms with Crippen LogP contribution in [0.5, 0.6) is 0 Å². The van der Waals surface area contributed by atoms with E-state index in [1.165, 1.54) is 30.6 Å². The smallest absolute Gasteiger partial charge is 0.339 e. The molecule has 0 N–H and O–H groups in total. The number of thiophene rings is 1. The molecular formula is C17H17FO3S. The maximum Gasteiger partial charge on any atom is 0.339 e. The van der Waals surface area contributed by atoms with Crippen LogP contribution in [0.25, 0.3) is 0 Å². The first-order valence-electron chi connectivity index (χ1n) is 6.95. The summed E-state index contributed by atoms with van der Waals surface area (Å²) in [7, 11) is 1.30. The summed E-state index contributed by atoms with van der Waals surface area (Å²) in [6.07, 6.45) is 0.571. The number of rotatable bonds is 5. The van der Waals surface area contributed by atoms with E-state index >= 15 is 0 Å². The van der Waals surface area contributed by atoms with E-state index in [9.17, 15) is 14.0 Å². The Morgan fingerprint density at radius 1 is 1.27 bits per heavy atom. The molecule has 0 aliphatic heterocycles. The quantitative estimate of drug-likeness (QED) is 0.607. The van der Waals surface area contributed by atoms with Crippen molar-refractivity contribution in [3.8, 4) is 0 Å². The largest absolute Gasteiger partial charge is 0.465 e. The Kier molecular flexibility index (Phi) is 5.08. The lowest BCUT2D eigenvalue weighted by atomic mass is 9.90. The number of ether oxygens (including phenoxy) is 1. The number of carbonyl (C=O) groups excluding carboxylic acids is 2. The highest BCUT2D eigenvalue weighted by Gasteiger charge is 2.28. The predicted octanol–water partition coefficient (Wildman–Crippen LogP) is 4.36. The number of hydrogen-bond donors (Lipinski definition) is 0. The van der Waals surface area contributed by atoms with Crippen LogP contribution < -0.4 is 0 Å². The van der Waals surface area contributed by atoms with Crippen LogP contribution in [-0.2, 0) is 4.74 Å². The number of carbonyl (C=O) groups is 2. The Morgan fingerprint density at radius 2 is 1.91 bits per heavy atom. The predicted molar refractivity (Wildman–Crippen MR) is 84.2 cm³/mol. The van der Waals surface area contributed by atoms with Gasteiger partial charge in [0.1, 0.15) is 5.82 Å². The highest BCUT2D eigenvalue weighted by Crippen LogP contribution is 2.31. The van der Waals surface area contributed by atoms with Gasteiger partial charge in [0.25, 0.3) is 0 Å². The number of halogens is 1. The topological polar surface area (TPSA) is 43.4 Å².